The Balaban J connectivity index is 1.94. The van der Waals surface area contributed by atoms with E-state index in [2.05, 4.69) is 0 Å². The van der Waals surface area contributed by atoms with Gasteiger partial charge in [-0.3, -0.25) is 14.5 Å². The summed E-state index contributed by atoms with van der Waals surface area (Å²) in [5.41, 5.74) is -0.687. The van der Waals surface area contributed by atoms with Crippen LogP contribution in [-0.2, 0) is 9.59 Å². The van der Waals surface area contributed by atoms with Crippen LogP contribution < -0.4 is 14.4 Å². The normalized spacial score (nSPS) is 17.3. The highest BCUT2D eigenvalue weighted by Crippen LogP contribution is 2.44. The first-order valence-corrected chi connectivity index (χ1v) is 10.6. The maximum Gasteiger partial charge on any atom is 0.300 e. The Bertz CT molecular complexity index is 1270. The molecule has 4 rings (SSSR count). The van der Waals surface area contributed by atoms with Crippen molar-refractivity contribution in [1.82, 2.24) is 0 Å². The Morgan fingerprint density at radius 1 is 1.06 bits per heavy atom. The molecule has 1 amide bonds. The van der Waals surface area contributed by atoms with E-state index in [-0.39, 0.29) is 29.3 Å². The zero-order valence-electron chi connectivity index (χ0n) is 18.4. The van der Waals surface area contributed by atoms with Crippen LogP contribution in [0.3, 0.4) is 0 Å². The lowest BCUT2D eigenvalue weighted by Gasteiger charge is -2.24. The summed E-state index contributed by atoms with van der Waals surface area (Å²) in [7, 11) is 0. The summed E-state index contributed by atoms with van der Waals surface area (Å²) in [6.45, 7) is 4.20. The minimum atomic E-state index is -1.34. The van der Waals surface area contributed by atoms with E-state index < -0.39 is 40.8 Å². The number of hydrogen-bond donors (Lipinski definition) is 1. The molecule has 1 N–H and O–H groups in total. The van der Waals surface area contributed by atoms with Crippen molar-refractivity contribution in [2.24, 2.45) is 0 Å². The molecule has 1 unspecified atom stereocenters. The maximum absolute atomic E-state index is 14.7. The number of aliphatic hydroxyl groups is 1. The Morgan fingerprint density at radius 2 is 1.82 bits per heavy atom. The lowest BCUT2D eigenvalue weighted by Crippen LogP contribution is -2.30. The Kier molecular flexibility index (Phi) is 6.36. The molecule has 34 heavy (non-hydrogen) atoms. The SMILES string of the molecule is CCOc1ccc(/C(O)=C2/C(=O)C(=O)N(c3cc(F)ccc3F)C2c2ccco2)c(OCC)c1. The van der Waals surface area contributed by atoms with Crippen LogP contribution >= 0.6 is 0 Å². The van der Waals surface area contributed by atoms with Crippen molar-refractivity contribution >= 4 is 23.1 Å². The van der Waals surface area contributed by atoms with Crippen LogP contribution in [0.5, 0.6) is 11.5 Å². The van der Waals surface area contributed by atoms with Crippen molar-refractivity contribution in [3.05, 3.63) is 83.3 Å². The smallest absolute Gasteiger partial charge is 0.300 e. The lowest BCUT2D eigenvalue weighted by atomic mass is 9.98. The third kappa shape index (κ3) is 4.00. The van der Waals surface area contributed by atoms with Crippen LogP contribution in [-0.4, -0.2) is 30.0 Å². The zero-order valence-corrected chi connectivity index (χ0v) is 18.4. The molecule has 176 valence electrons. The van der Waals surface area contributed by atoms with Gasteiger partial charge in [0.1, 0.15) is 40.7 Å². The van der Waals surface area contributed by atoms with Gasteiger partial charge in [-0.1, -0.05) is 0 Å². The number of ketones is 1. The van der Waals surface area contributed by atoms with Crippen molar-refractivity contribution < 1.29 is 37.4 Å². The fourth-order valence-corrected chi connectivity index (χ4v) is 3.84. The Morgan fingerprint density at radius 3 is 2.50 bits per heavy atom. The van der Waals surface area contributed by atoms with E-state index >= 15 is 0 Å². The molecule has 1 aliphatic rings. The van der Waals surface area contributed by atoms with Gasteiger partial charge in [-0.25, -0.2) is 8.78 Å². The molecule has 0 bridgehead atoms. The molecule has 7 nitrogen and oxygen atoms in total. The molecule has 1 saturated heterocycles. The number of amides is 1. The summed E-state index contributed by atoms with van der Waals surface area (Å²) >= 11 is 0. The van der Waals surface area contributed by atoms with Crippen LogP contribution in [0.4, 0.5) is 14.5 Å². The molecule has 0 saturated carbocycles. The maximum atomic E-state index is 14.7. The molecule has 9 heteroatoms. The molecule has 3 aromatic rings. The molecule has 1 aliphatic heterocycles. The van der Waals surface area contributed by atoms with E-state index in [0.29, 0.717) is 12.4 Å². The third-order valence-electron chi connectivity index (χ3n) is 5.24. The van der Waals surface area contributed by atoms with Crippen LogP contribution in [0.2, 0.25) is 0 Å². The first-order chi connectivity index (χ1) is 16.4. The van der Waals surface area contributed by atoms with Crippen molar-refractivity contribution in [2.45, 2.75) is 19.9 Å². The largest absolute Gasteiger partial charge is 0.507 e. The number of rotatable bonds is 7. The van der Waals surface area contributed by atoms with Gasteiger partial charge in [0.2, 0.25) is 0 Å². The van der Waals surface area contributed by atoms with E-state index in [0.717, 1.165) is 23.1 Å². The monoisotopic (exact) mass is 469 g/mol. The van der Waals surface area contributed by atoms with E-state index in [1.807, 2.05) is 6.92 Å². The number of Topliss-reactive ketones (excluding diaryl/α,β-unsaturated/α-hetero) is 1. The molecular weight excluding hydrogens is 448 g/mol. The van der Waals surface area contributed by atoms with Gasteiger partial charge in [0.05, 0.1) is 36.3 Å². The van der Waals surface area contributed by atoms with Gasteiger partial charge >= 0.3 is 0 Å². The quantitative estimate of drug-likeness (QED) is 0.298. The van der Waals surface area contributed by atoms with Gasteiger partial charge in [-0.05, 0) is 50.2 Å². The van der Waals surface area contributed by atoms with Crippen molar-refractivity contribution in [1.29, 1.82) is 0 Å². The number of anilines is 1. The number of hydrogen-bond acceptors (Lipinski definition) is 6. The molecule has 1 aromatic heterocycles. The van der Waals surface area contributed by atoms with Crippen molar-refractivity contribution in [2.75, 3.05) is 18.1 Å². The fourth-order valence-electron chi connectivity index (χ4n) is 3.84. The minimum absolute atomic E-state index is 0.0771. The van der Waals surface area contributed by atoms with Crippen LogP contribution in [0, 0.1) is 11.6 Å². The van der Waals surface area contributed by atoms with E-state index in [9.17, 15) is 23.5 Å². The second-order valence-electron chi connectivity index (χ2n) is 7.30. The van der Waals surface area contributed by atoms with E-state index in [1.165, 1.54) is 24.5 Å². The molecule has 0 spiro atoms. The summed E-state index contributed by atoms with van der Waals surface area (Å²) in [6.07, 6.45) is 1.31. The van der Waals surface area contributed by atoms with E-state index in [1.54, 1.807) is 19.1 Å². The van der Waals surface area contributed by atoms with Crippen LogP contribution in [0.1, 0.15) is 31.2 Å². The number of carbonyl (C=O) groups is 2. The van der Waals surface area contributed by atoms with Gasteiger partial charge < -0.3 is 19.0 Å². The lowest BCUT2D eigenvalue weighted by molar-refractivity contribution is -0.132. The average molecular weight is 469 g/mol. The summed E-state index contributed by atoms with van der Waals surface area (Å²) < 4.78 is 45.1. The van der Waals surface area contributed by atoms with Crippen LogP contribution in [0.15, 0.2) is 64.8 Å². The minimum Gasteiger partial charge on any atom is -0.507 e. The van der Waals surface area contributed by atoms with Gasteiger partial charge in [-0.15, -0.1) is 0 Å². The summed E-state index contributed by atoms with van der Waals surface area (Å²) in [4.78, 5) is 26.9. The Labute approximate surface area is 193 Å². The van der Waals surface area contributed by atoms with Crippen molar-refractivity contribution in [3.63, 3.8) is 0 Å². The first-order valence-electron chi connectivity index (χ1n) is 10.6. The molecule has 0 radical (unpaired) electrons. The highest BCUT2D eigenvalue weighted by Gasteiger charge is 2.49. The molecular formula is C25H21F2NO6. The summed E-state index contributed by atoms with van der Waals surface area (Å²) in [5.74, 6) is -3.73. The highest BCUT2D eigenvalue weighted by molar-refractivity contribution is 6.51. The number of ether oxygens (including phenoxy) is 2. The number of halogens is 2. The van der Waals surface area contributed by atoms with Crippen LogP contribution in [0.25, 0.3) is 5.76 Å². The fraction of sp³-hybridized carbons (Fsp3) is 0.200. The van der Waals surface area contributed by atoms with Gasteiger partial charge in [0, 0.05) is 12.1 Å². The predicted octanol–water partition coefficient (Wildman–Crippen LogP) is 4.98. The highest BCUT2D eigenvalue weighted by atomic mass is 19.1. The number of carbonyl (C=O) groups excluding carboxylic acids is 2. The molecule has 1 fully saturated rings. The molecule has 2 heterocycles. The predicted molar refractivity (Wildman–Crippen MR) is 119 cm³/mol. The first kappa shape index (κ1) is 23.0. The summed E-state index contributed by atoms with van der Waals surface area (Å²) in [6, 6.07) is 8.80. The average Bonchev–Trinajstić information content (AvgIpc) is 3.43. The summed E-state index contributed by atoms with van der Waals surface area (Å²) in [5, 5.41) is 11.2. The van der Waals surface area contributed by atoms with Gasteiger partial charge in [-0.2, -0.15) is 0 Å². The third-order valence-corrected chi connectivity index (χ3v) is 5.24. The topological polar surface area (TPSA) is 89.2 Å². The molecule has 2 aromatic carbocycles. The second kappa shape index (κ2) is 9.38. The Hall–Kier alpha value is -4.14. The number of aliphatic hydroxyl groups excluding tert-OH is 1. The number of nitrogens with zero attached hydrogens (tertiary/aromatic N) is 1. The zero-order chi connectivity index (χ0) is 24.4. The standard InChI is InChI=1S/C25H21F2NO6/c1-3-32-15-8-9-16(20(13-15)33-4-2)23(29)21-22(19-6-5-11-34-19)28(25(31)24(21)30)18-12-14(26)7-10-17(18)27/h5-13,22,29H,3-4H2,1-2H3/b23-21-. The molecule has 1 atom stereocenters. The number of benzene rings is 2. The number of furan rings is 1. The van der Waals surface area contributed by atoms with E-state index in [4.69, 9.17) is 13.9 Å². The van der Waals surface area contributed by atoms with Crippen molar-refractivity contribution in [3.8, 4) is 11.5 Å². The molecule has 0 aliphatic carbocycles. The van der Waals surface area contributed by atoms with Gasteiger partial charge in [0.25, 0.3) is 11.7 Å². The second-order valence-corrected chi connectivity index (χ2v) is 7.30. The van der Waals surface area contributed by atoms with Gasteiger partial charge in [0.15, 0.2) is 0 Å².